The molecule has 0 radical (unpaired) electrons. The Morgan fingerprint density at radius 1 is 1.00 bits per heavy atom. The number of nitrogens with zero attached hydrogens (tertiary/aromatic N) is 1. The molecule has 0 saturated carbocycles. The van der Waals surface area contributed by atoms with Crippen LogP contribution in [0.25, 0.3) is 0 Å². The third-order valence-corrected chi connectivity index (χ3v) is 4.61. The Morgan fingerprint density at radius 3 is 2.40 bits per heavy atom. The first kappa shape index (κ1) is 17.5. The molecule has 0 fully saturated rings. The first-order valence-corrected chi connectivity index (χ1v) is 8.56. The van der Waals surface area contributed by atoms with Crippen LogP contribution in [0.15, 0.2) is 59.3 Å². The standard InChI is InChI=1S/C19H16Cl2N2O2/c1-12-11-14(20)7-8-15(12)22-17-16(21)18(24)23(19(17)25)10-9-13-5-3-2-4-6-13/h2-8,11,22H,9-10H2,1H3. The maximum atomic E-state index is 12.6. The van der Waals surface area contributed by atoms with Gasteiger partial charge in [0.05, 0.1) is 0 Å². The van der Waals surface area contributed by atoms with Gasteiger partial charge in [-0.2, -0.15) is 0 Å². The van der Waals surface area contributed by atoms with Gasteiger partial charge in [-0.15, -0.1) is 0 Å². The number of amides is 2. The van der Waals surface area contributed by atoms with Crippen LogP contribution in [-0.2, 0) is 16.0 Å². The van der Waals surface area contributed by atoms with Crippen molar-refractivity contribution in [2.45, 2.75) is 13.3 Å². The molecule has 3 rings (SSSR count). The van der Waals surface area contributed by atoms with Crippen LogP contribution in [0.1, 0.15) is 11.1 Å². The summed E-state index contributed by atoms with van der Waals surface area (Å²) in [5, 5.41) is 3.48. The fourth-order valence-corrected chi connectivity index (χ4v) is 3.10. The number of carbonyl (C=O) groups excluding carboxylic acids is 2. The summed E-state index contributed by atoms with van der Waals surface area (Å²) in [6.45, 7) is 2.14. The fourth-order valence-electron chi connectivity index (χ4n) is 2.65. The molecule has 2 amide bonds. The molecule has 6 heteroatoms. The van der Waals surface area contributed by atoms with Crippen molar-refractivity contribution in [3.05, 3.63) is 75.4 Å². The van der Waals surface area contributed by atoms with Crippen LogP contribution in [0.4, 0.5) is 5.69 Å². The van der Waals surface area contributed by atoms with E-state index in [0.29, 0.717) is 17.1 Å². The van der Waals surface area contributed by atoms with Gasteiger partial charge in [-0.05, 0) is 42.7 Å². The molecule has 0 atom stereocenters. The molecule has 0 aromatic heterocycles. The number of nitrogens with one attached hydrogen (secondary N) is 1. The molecule has 25 heavy (non-hydrogen) atoms. The molecule has 4 nitrogen and oxygen atoms in total. The summed E-state index contributed by atoms with van der Waals surface area (Å²) in [6.07, 6.45) is 0.579. The molecule has 128 valence electrons. The number of aryl methyl sites for hydroxylation is 1. The summed E-state index contributed by atoms with van der Waals surface area (Å²) in [5.74, 6) is -0.892. The monoisotopic (exact) mass is 374 g/mol. The Hall–Kier alpha value is -2.30. The molecule has 2 aromatic carbocycles. The van der Waals surface area contributed by atoms with Gasteiger partial charge in [0, 0.05) is 17.3 Å². The first-order chi connectivity index (χ1) is 12.0. The van der Waals surface area contributed by atoms with Gasteiger partial charge >= 0.3 is 0 Å². The Morgan fingerprint density at radius 2 is 1.72 bits per heavy atom. The normalized spacial score (nSPS) is 14.4. The number of hydrogen-bond acceptors (Lipinski definition) is 3. The highest BCUT2D eigenvalue weighted by Crippen LogP contribution is 2.28. The molecule has 1 aliphatic heterocycles. The lowest BCUT2D eigenvalue weighted by molar-refractivity contribution is -0.137. The average molecular weight is 375 g/mol. The summed E-state index contributed by atoms with van der Waals surface area (Å²) in [7, 11) is 0. The van der Waals surface area contributed by atoms with Crippen molar-refractivity contribution in [2.75, 3.05) is 11.9 Å². The van der Waals surface area contributed by atoms with Crippen LogP contribution < -0.4 is 5.32 Å². The summed E-state index contributed by atoms with van der Waals surface area (Å²) in [6, 6.07) is 14.9. The van der Waals surface area contributed by atoms with Gasteiger partial charge in [-0.1, -0.05) is 53.5 Å². The first-order valence-electron chi connectivity index (χ1n) is 7.80. The van der Waals surface area contributed by atoms with E-state index in [2.05, 4.69) is 5.32 Å². The molecule has 1 N–H and O–H groups in total. The SMILES string of the molecule is Cc1cc(Cl)ccc1NC1=C(Cl)C(=O)N(CCc2ccccc2)C1=O. The van der Waals surface area contributed by atoms with E-state index < -0.39 is 11.8 Å². The minimum Gasteiger partial charge on any atom is -0.349 e. The van der Waals surface area contributed by atoms with E-state index in [0.717, 1.165) is 11.1 Å². The number of benzene rings is 2. The van der Waals surface area contributed by atoms with E-state index >= 15 is 0 Å². The summed E-state index contributed by atoms with van der Waals surface area (Å²) in [5.41, 5.74) is 2.69. The molecular formula is C19H16Cl2N2O2. The minimum atomic E-state index is -0.475. The Labute approximate surface area is 156 Å². The van der Waals surface area contributed by atoms with Crippen molar-refractivity contribution >= 4 is 40.7 Å². The van der Waals surface area contributed by atoms with Crippen molar-refractivity contribution in [1.82, 2.24) is 4.90 Å². The van der Waals surface area contributed by atoms with E-state index in [-0.39, 0.29) is 17.3 Å². The van der Waals surface area contributed by atoms with Crippen LogP contribution in [0.5, 0.6) is 0 Å². The van der Waals surface area contributed by atoms with Gasteiger partial charge in [0.2, 0.25) is 0 Å². The van der Waals surface area contributed by atoms with E-state index in [1.54, 1.807) is 18.2 Å². The predicted molar refractivity (Wildman–Crippen MR) is 99.6 cm³/mol. The van der Waals surface area contributed by atoms with Crippen LogP contribution in [0.3, 0.4) is 0 Å². The molecule has 2 aromatic rings. The van der Waals surface area contributed by atoms with Gasteiger partial charge in [0.1, 0.15) is 10.7 Å². The van der Waals surface area contributed by atoms with Crippen molar-refractivity contribution in [2.24, 2.45) is 0 Å². The Kier molecular flexibility index (Phi) is 5.11. The summed E-state index contributed by atoms with van der Waals surface area (Å²) < 4.78 is 0. The number of hydrogen-bond donors (Lipinski definition) is 1. The zero-order chi connectivity index (χ0) is 18.0. The predicted octanol–water partition coefficient (Wildman–Crippen LogP) is 4.12. The molecule has 0 bridgehead atoms. The summed E-state index contributed by atoms with van der Waals surface area (Å²) in [4.78, 5) is 26.1. The number of rotatable bonds is 5. The smallest absolute Gasteiger partial charge is 0.278 e. The van der Waals surface area contributed by atoms with Crippen molar-refractivity contribution in [1.29, 1.82) is 0 Å². The highest BCUT2D eigenvalue weighted by molar-refractivity contribution is 6.48. The van der Waals surface area contributed by atoms with Crippen LogP contribution in [0, 0.1) is 6.92 Å². The number of halogens is 2. The average Bonchev–Trinajstić information content (AvgIpc) is 2.80. The van der Waals surface area contributed by atoms with Crippen molar-refractivity contribution in [3.63, 3.8) is 0 Å². The minimum absolute atomic E-state index is 0.0904. The van der Waals surface area contributed by atoms with Gasteiger partial charge in [0.25, 0.3) is 11.8 Å². The van der Waals surface area contributed by atoms with Crippen LogP contribution >= 0.6 is 23.2 Å². The van der Waals surface area contributed by atoms with Crippen molar-refractivity contribution in [3.8, 4) is 0 Å². The largest absolute Gasteiger partial charge is 0.349 e. The highest BCUT2D eigenvalue weighted by Gasteiger charge is 2.37. The molecule has 0 spiro atoms. The molecule has 1 aliphatic rings. The highest BCUT2D eigenvalue weighted by atomic mass is 35.5. The molecular weight excluding hydrogens is 359 g/mol. The Bertz CT molecular complexity index is 863. The summed E-state index contributed by atoms with van der Waals surface area (Å²) >= 11 is 12.1. The lowest BCUT2D eigenvalue weighted by atomic mass is 10.1. The third kappa shape index (κ3) is 3.70. The van der Waals surface area contributed by atoms with Gasteiger partial charge in [-0.25, -0.2) is 0 Å². The number of anilines is 1. The molecule has 0 aliphatic carbocycles. The molecule has 1 heterocycles. The van der Waals surface area contributed by atoms with Crippen LogP contribution in [-0.4, -0.2) is 23.3 Å². The third-order valence-electron chi connectivity index (χ3n) is 4.03. The van der Waals surface area contributed by atoms with E-state index in [1.807, 2.05) is 37.3 Å². The topological polar surface area (TPSA) is 49.4 Å². The van der Waals surface area contributed by atoms with E-state index in [1.165, 1.54) is 4.90 Å². The fraction of sp³-hybridized carbons (Fsp3) is 0.158. The van der Waals surface area contributed by atoms with E-state index in [4.69, 9.17) is 23.2 Å². The maximum Gasteiger partial charge on any atom is 0.278 e. The second-order valence-corrected chi connectivity index (χ2v) is 6.59. The number of imide groups is 1. The second-order valence-electron chi connectivity index (χ2n) is 5.77. The van der Waals surface area contributed by atoms with Gasteiger partial charge in [0.15, 0.2) is 0 Å². The van der Waals surface area contributed by atoms with Crippen LogP contribution in [0.2, 0.25) is 5.02 Å². The molecule has 0 saturated heterocycles. The Balaban J connectivity index is 1.75. The lowest BCUT2D eigenvalue weighted by Crippen LogP contribution is -2.34. The lowest BCUT2D eigenvalue weighted by Gasteiger charge is -2.15. The zero-order valence-corrected chi connectivity index (χ0v) is 15.1. The van der Waals surface area contributed by atoms with Gasteiger partial charge in [-0.3, -0.25) is 14.5 Å². The zero-order valence-electron chi connectivity index (χ0n) is 13.6. The second kappa shape index (κ2) is 7.30. The van der Waals surface area contributed by atoms with Gasteiger partial charge < -0.3 is 5.32 Å². The number of carbonyl (C=O) groups is 2. The van der Waals surface area contributed by atoms with E-state index in [9.17, 15) is 9.59 Å². The maximum absolute atomic E-state index is 12.6. The quantitative estimate of drug-likeness (QED) is 0.800. The van der Waals surface area contributed by atoms with Crippen molar-refractivity contribution < 1.29 is 9.59 Å². The molecule has 0 unspecified atom stereocenters.